The number of piperidine rings is 1. The highest BCUT2D eigenvalue weighted by atomic mass is 15.2. The summed E-state index contributed by atoms with van der Waals surface area (Å²) in [5.41, 5.74) is 0.973. The number of hydrogen-bond acceptors (Lipinski definition) is 3. The van der Waals surface area contributed by atoms with Crippen molar-refractivity contribution in [2.75, 3.05) is 20.1 Å². The standard InChI is InChI=1S/C15H23N5/c1-11-9-18(3)7-5-14(11)20-8-6-16-15(20)13-10-19(4)12(2)17-13/h6,8,10-11,14H,5,7,9H2,1-4H3/t11-,14-/m0/s1. The predicted octanol–water partition coefficient (Wildman–Crippen LogP) is 2.10. The first-order valence-electron chi connectivity index (χ1n) is 7.28. The van der Waals surface area contributed by atoms with E-state index in [1.165, 1.54) is 6.42 Å². The summed E-state index contributed by atoms with van der Waals surface area (Å²) in [5.74, 6) is 2.65. The molecule has 0 aliphatic carbocycles. The van der Waals surface area contributed by atoms with Gasteiger partial charge in [0.2, 0.25) is 0 Å². The Hall–Kier alpha value is -1.62. The van der Waals surface area contributed by atoms with Crippen LogP contribution in [0.1, 0.15) is 25.2 Å². The maximum absolute atomic E-state index is 4.62. The molecule has 0 amide bonds. The number of aryl methyl sites for hydroxylation is 2. The molecule has 0 unspecified atom stereocenters. The first kappa shape index (κ1) is 13.4. The molecule has 0 N–H and O–H groups in total. The minimum absolute atomic E-state index is 0.519. The molecule has 5 nitrogen and oxygen atoms in total. The van der Waals surface area contributed by atoms with Gasteiger partial charge in [0.25, 0.3) is 0 Å². The van der Waals surface area contributed by atoms with Crippen molar-refractivity contribution in [1.82, 2.24) is 24.0 Å². The van der Waals surface area contributed by atoms with Gasteiger partial charge in [-0.3, -0.25) is 0 Å². The number of imidazole rings is 2. The van der Waals surface area contributed by atoms with Crippen LogP contribution in [0, 0.1) is 12.8 Å². The van der Waals surface area contributed by atoms with Crippen LogP contribution < -0.4 is 0 Å². The maximum Gasteiger partial charge on any atom is 0.160 e. The molecule has 1 aliphatic rings. The van der Waals surface area contributed by atoms with E-state index in [9.17, 15) is 0 Å². The van der Waals surface area contributed by atoms with Crippen molar-refractivity contribution in [2.24, 2.45) is 13.0 Å². The molecule has 1 fully saturated rings. The Bertz CT molecular complexity index is 578. The van der Waals surface area contributed by atoms with E-state index < -0.39 is 0 Å². The van der Waals surface area contributed by atoms with Crippen LogP contribution in [0.3, 0.4) is 0 Å². The van der Waals surface area contributed by atoms with Gasteiger partial charge in [0.05, 0.1) is 0 Å². The van der Waals surface area contributed by atoms with E-state index in [1.807, 2.05) is 24.7 Å². The first-order valence-corrected chi connectivity index (χ1v) is 7.28. The molecular formula is C15H23N5. The van der Waals surface area contributed by atoms with E-state index in [2.05, 4.69) is 45.8 Å². The molecule has 2 aromatic heterocycles. The van der Waals surface area contributed by atoms with Crippen molar-refractivity contribution in [3.8, 4) is 11.5 Å². The highest BCUT2D eigenvalue weighted by Gasteiger charge is 2.27. The monoisotopic (exact) mass is 273 g/mol. The molecule has 2 aromatic rings. The summed E-state index contributed by atoms with van der Waals surface area (Å²) in [5, 5.41) is 0. The Morgan fingerprint density at radius 2 is 2.10 bits per heavy atom. The highest BCUT2D eigenvalue weighted by molar-refractivity contribution is 5.49. The van der Waals surface area contributed by atoms with Crippen molar-refractivity contribution in [1.29, 1.82) is 0 Å². The quantitative estimate of drug-likeness (QED) is 0.841. The minimum Gasteiger partial charge on any atom is -0.337 e. The molecule has 0 saturated carbocycles. The lowest BCUT2D eigenvalue weighted by Gasteiger charge is -2.36. The summed E-state index contributed by atoms with van der Waals surface area (Å²) in [6.45, 7) is 6.64. The molecule has 0 spiro atoms. The second kappa shape index (κ2) is 5.05. The van der Waals surface area contributed by atoms with Gasteiger partial charge in [-0.25, -0.2) is 9.97 Å². The van der Waals surface area contributed by atoms with Crippen LogP contribution in [0.25, 0.3) is 11.5 Å². The van der Waals surface area contributed by atoms with Gasteiger partial charge in [-0.1, -0.05) is 6.92 Å². The van der Waals surface area contributed by atoms with E-state index in [0.29, 0.717) is 12.0 Å². The second-order valence-corrected chi connectivity index (χ2v) is 6.04. The molecule has 1 saturated heterocycles. The van der Waals surface area contributed by atoms with Crippen molar-refractivity contribution < 1.29 is 0 Å². The SMILES string of the molecule is Cc1nc(-c2nccn2[C@H]2CCN(C)C[C@@H]2C)cn1C. The van der Waals surface area contributed by atoms with Crippen molar-refractivity contribution >= 4 is 0 Å². The van der Waals surface area contributed by atoms with Crippen LogP contribution in [0.4, 0.5) is 0 Å². The van der Waals surface area contributed by atoms with Gasteiger partial charge in [-0.2, -0.15) is 0 Å². The average Bonchev–Trinajstić information content (AvgIpc) is 2.97. The highest BCUT2D eigenvalue weighted by Crippen LogP contribution is 2.31. The third-order valence-corrected chi connectivity index (χ3v) is 4.43. The van der Waals surface area contributed by atoms with Crippen LogP contribution in [0.2, 0.25) is 0 Å². The van der Waals surface area contributed by atoms with Crippen LogP contribution in [-0.2, 0) is 7.05 Å². The topological polar surface area (TPSA) is 38.9 Å². The fourth-order valence-electron chi connectivity index (χ4n) is 3.20. The number of rotatable bonds is 2. The lowest BCUT2D eigenvalue weighted by molar-refractivity contribution is 0.160. The van der Waals surface area contributed by atoms with Crippen LogP contribution in [0.5, 0.6) is 0 Å². The molecule has 5 heteroatoms. The third-order valence-electron chi connectivity index (χ3n) is 4.43. The number of likely N-dealkylation sites (tertiary alicyclic amines) is 1. The van der Waals surface area contributed by atoms with E-state index in [0.717, 1.165) is 30.4 Å². The zero-order chi connectivity index (χ0) is 14.3. The van der Waals surface area contributed by atoms with Crippen molar-refractivity contribution in [2.45, 2.75) is 26.3 Å². The van der Waals surface area contributed by atoms with Gasteiger partial charge < -0.3 is 14.0 Å². The van der Waals surface area contributed by atoms with Gasteiger partial charge in [0.15, 0.2) is 5.82 Å². The number of aromatic nitrogens is 4. The van der Waals surface area contributed by atoms with Crippen molar-refractivity contribution in [3.63, 3.8) is 0 Å². The number of hydrogen-bond donors (Lipinski definition) is 0. The molecule has 3 rings (SSSR count). The first-order chi connectivity index (χ1) is 9.56. The number of nitrogens with zero attached hydrogens (tertiary/aromatic N) is 5. The Labute approximate surface area is 120 Å². The van der Waals surface area contributed by atoms with Crippen LogP contribution in [-0.4, -0.2) is 44.1 Å². The Balaban J connectivity index is 1.94. The minimum atomic E-state index is 0.519. The fourth-order valence-corrected chi connectivity index (χ4v) is 3.20. The molecule has 108 valence electrons. The summed E-state index contributed by atoms with van der Waals surface area (Å²) in [7, 11) is 4.22. The Morgan fingerprint density at radius 3 is 2.75 bits per heavy atom. The van der Waals surface area contributed by atoms with Crippen molar-refractivity contribution in [3.05, 3.63) is 24.4 Å². The molecule has 20 heavy (non-hydrogen) atoms. The largest absolute Gasteiger partial charge is 0.337 e. The lowest BCUT2D eigenvalue weighted by Crippen LogP contribution is -2.37. The average molecular weight is 273 g/mol. The normalized spacial score (nSPS) is 24.2. The summed E-state index contributed by atoms with van der Waals surface area (Å²) >= 11 is 0. The van der Waals surface area contributed by atoms with E-state index >= 15 is 0 Å². The smallest absolute Gasteiger partial charge is 0.160 e. The van der Waals surface area contributed by atoms with E-state index in [-0.39, 0.29) is 0 Å². The summed E-state index contributed by atoms with van der Waals surface area (Å²) < 4.78 is 4.37. The molecule has 2 atom stereocenters. The van der Waals surface area contributed by atoms with Gasteiger partial charge >= 0.3 is 0 Å². The maximum atomic E-state index is 4.62. The van der Waals surface area contributed by atoms with Crippen LogP contribution in [0.15, 0.2) is 18.6 Å². The lowest BCUT2D eigenvalue weighted by atomic mass is 9.94. The summed E-state index contributed by atoms with van der Waals surface area (Å²) in [6, 6.07) is 0.519. The molecule has 3 heterocycles. The van der Waals surface area contributed by atoms with Crippen LogP contribution >= 0.6 is 0 Å². The van der Waals surface area contributed by atoms with E-state index in [4.69, 9.17) is 0 Å². The van der Waals surface area contributed by atoms with Gasteiger partial charge in [0, 0.05) is 38.2 Å². The van der Waals surface area contributed by atoms with Gasteiger partial charge in [0.1, 0.15) is 11.5 Å². The zero-order valence-electron chi connectivity index (χ0n) is 12.7. The van der Waals surface area contributed by atoms with Gasteiger partial charge in [-0.05, 0) is 32.9 Å². The Kier molecular flexibility index (Phi) is 3.38. The molecule has 1 aliphatic heterocycles. The molecule has 0 aromatic carbocycles. The second-order valence-electron chi connectivity index (χ2n) is 6.04. The van der Waals surface area contributed by atoms with Gasteiger partial charge in [-0.15, -0.1) is 0 Å². The Morgan fingerprint density at radius 1 is 1.30 bits per heavy atom. The predicted molar refractivity (Wildman–Crippen MR) is 79.5 cm³/mol. The molecule has 0 radical (unpaired) electrons. The summed E-state index contributed by atoms with van der Waals surface area (Å²) in [6.07, 6.45) is 7.23. The molecule has 0 bridgehead atoms. The summed E-state index contributed by atoms with van der Waals surface area (Å²) in [4.78, 5) is 11.6. The fraction of sp³-hybridized carbons (Fsp3) is 0.600. The van der Waals surface area contributed by atoms with E-state index in [1.54, 1.807) is 0 Å². The zero-order valence-corrected chi connectivity index (χ0v) is 12.7. The third kappa shape index (κ3) is 2.26. The molecular weight excluding hydrogens is 250 g/mol.